The van der Waals surface area contributed by atoms with E-state index in [2.05, 4.69) is 24.4 Å². The quantitative estimate of drug-likeness (QED) is 0.826. The molecule has 0 aliphatic carbocycles. The van der Waals surface area contributed by atoms with Gasteiger partial charge in [-0.3, -0.25) is 0 Å². The lowest BCUT2D eigenvalue weighted by Gasteiger charge is -2.32. The number of nitrogens with one attached hydrogen (secondary N) is 1. The zero-order valence-corrected chi connectivity index (χ0v) is 9.88. The highest BCUT2D eigenvalue weighted by Gasteiger charge is 2.33. The predicted molar refractivity (Wildman–Crippen MR) is 65.4 cm³/mol. The van der Waals surface area contributed by atoms with Crippen LogP contribution in [0.15, 0.2) is 30.3 Å². The van der Waals surface area contributed by atoms with E-state index in [9.17, 15) is 4.39 Å². The zero-order valence-electron chi connectivity index (χ0n) is 9.88. The minimum absolute atomic E-state index is 0.310. The van der Waals surface area contributed by atoms with Crippen LogP contribution in [0.3, 0.4) is 0 Å². The van der Waals surface area contributed by atoms with Crippen molar-refractivity contribution in [2.45, 2.75) is 37.8 Å². The van der Waals surface area contributed by atoms with Crippen molar-refractivity contribution >= 4 is 0 Å². The monoisotopic (exact) mass is 221 g/mol. The van der Waals surface area contributed by atoms with E-state index in [1.165, 1.54) is 5.56 Å². The molecule has 1 N–H and O–H groups in total. The maximum absolute atomic E-state index is 14.5. The Kier molecular flexibility index (Phi) is 3.59. The molecule has 88 valence electrons. The zero-order chi connectivity index (χ0) is 11.4. The Bertz CT molecular complexity index is 317. The summed E-state index contributed by atoms with van der Waals surface area (Å²) in [6.07, 6.45) is 1.97. The van der Waals surface area contributed by atoms with Crippen LogP contribution in [0.2, 0.25) is 0 Å². The number of alkyl halides is 1. The van der Waals surface area contributed by atoms with E-state index in [1.807, 2.05) is 18.2 Å². The van der Waals surface area contributed by atoms with Crippen molar-refractivity contribution in [3.8, 4) is 0 Å². The second-order valence-electron chi connectivity index (χ2n) is 4.92. The highest BCUT2D eigenvalue weighted by molar-refractivity contribution is 5.19. The van der Waals surface area contributed by atoms with Crippen molar-refractivity contribution in [3.63, 3.8) is 0 Å². The molecule has 2 rings (SSSR count). The van der Waals surface area contributed by atoms with Crippen LogP contribution >= 0.6 is 0 Å². The summed E-state index contributed by atoms with van der Waals surface area (Å²) >= 11 is 0. The van der Waals surface area contributed by atoms with Gasteiger partial charge in [0, 0.05) is 0 Å². The van der Waals surface area contributed by atoms with E-state index < -0.39 is 5.67 Å². The second kappa shape index (κ2) is 4.96. The molecular weight excluding hydrogens is 201 g/mol. The molecule has 1 saturated heterocycles. The summed E-state index contributed by atoms with van der Waals surface area (Å²) in [5, 5.41) is 3.21. The number of hydrogen-bond donors (Lipinski definition) is 1. The minimum Gasteiger partial charge on any atom is -0.316 e. The van der Waals surface area contributed by atoms with E-state index in [0.29, 0.717) is 25.2 Å². The molecule has 1 atom stereocenters. The third-order valence-corrected chi connectivity index (χ3v) is 3.54. The van der Waals surface area contributed by atoms with E-state index in [1.54, 1.807) is 0 Å². The number of rotatable bonds is 3. The van der Waals surface area contributed by atoms with E-state index in [4.69, 9.17) is 0 Å². The summed E-state index contributed by atoms with van der Waals surface area (Å²) in [6.45, 7) is 3.76. The Hall–Kier alpha value is -0.890. The molecule has 0 radical (unpaired) electrons. The van der Waals surface area contributed by atoms with Crippen LogP contribution in [-0.2, 0) is 0 Å². The fourth-order valence-electron chi connectivity index (χ4n) is 2.53. The summed E-state index contributed by atoms with van der Waals surface area (Å²) in [5.74, 6) is 0.310. The molecule has 1 aliphatic rings. The van der Waals surface area contributed by atoms with Gasteiger partial charge in [0.1, 0.15) is 5.67 Å². The first kappa shape index (κ1) is 11.6. The van der Waals surface area contributed by atoms with Crippen molar-refractivity contribution < 1.29 is 4.39 Å². The lowest BCUT2D eigenvalue weighted by atomic mass is 9.83. The summed E-state index contributed by atoms with van der Waals surface area (Å²) in [5.41, 5.74) is 0.290. The summed E-state index contributed by atoms with van der Waals surface area (Å²) < 4.78 is 14.5. The molecule has 0 spiro atoms. The van der Waals surface area contributed by atoms with E-state index in [0.717, 1.165) is 13.1 Å². The lowest BCUT2D eigenvalue weighted by Crippen LogP contribution is -2.39. The maximum atomic E-state index is 14.5. The molecule has 0 bridgehead atoms. The molecule has 1 nitrogen and oxygen atoms in total. The number of piperidine rings is 1. The van der Waals surface area contributed by atoms with Gasteiger partial charge in [0.15, 0.2) is 0 Å². The average Bonchev–Trinajstić information content (AvgIpc) is 2.30. The Morgan fingerprint density at radius 2 is 1.88 bits per heavy atom. The molecular formula is C14H20FN. The molecule has 2 heteroatoms. The average molecular weight is 221 g/mol. The van der Waals surface area contributed by atoms with Crippen LogP contribution in [0.4, 0.5) is 4.39 Å². The topological polar surface area (TPSA) is 12.0 Å². The van der Waals surface area contributed by atoms with Crippen LogP contribution in [0.1, 0.15) is 37.7 Å². The van der Waals surface area contributed by atoms with Crippen LogP contribution in [0, 0.1) is 0 Å². The standard InChI is InChI=1S/C14H20FN/c1-12(13-5-3-2-4-6-13)11-14(15)7-9-16-10-8-14/h2-6,12,16H,7-11H2,1H3. The van der Waals surface area contributed by atoms with Crippen molar-refractivity contribution in [2.75, 3.05) is 13.1 Å². The summed E-state index contributed by atoms with van der Waals surface area (Å²) in [7, 11) is 0. The predicted octanol–water partition coefficient (Wildman–Crippen LogP) is 3.27. The van der Waals surface area contributed by atoms with Gasteiger partial charge in [-0.2, -0.15) is 0 Å². The van der Waals surface area contributed by atoms with Gasteiger partial charge in [0.25, 0.3) is 0 Å². The molecule has 0 amide bonds. The van der Waals surface area contributed by atoms with E-state index in [-0.39, 0.29) is 0 Å². The van der Waals surface area contributed by atoms with Gasteiger partial charge in [-0.25, -0.2) is 4.39 Å². The highest BCUT2D eigenvalue weighted by atomic mass is 19.1. The van der Waals surface area contributed by atoms with Gasteiger partial charge < -0.3 is 5.32 Å². The molecule has 0 aromatic heterocycles. The van der Waals surface area contributed by atoms with Crippen LogP contribution in [0.25, 0.3) is 0 Å². The fourth-order valence-corrected chi connectivity index (χ4v) is 2.53. The first-order chi connectivity index (χ1) is 7.70. The van der Waals surface area contributed by atoms with Crippen LogP contribution in [-0.4, -0.2) is 18.8 Å². The number of hydrogen-bond acceptors (Lipinski definition) is 1. The largest absolute Gasteiger partial charge is 0.316 e. The fraction of sp³-hybridized carbons (Fsp3) is 0.571. The first-order valence-corrected chi connectivity index (χ1v) is 6.14. The van der Waals surface area contributed by atoms with Crippen molar-refractivity contribution in [2.24, 2.45) is 0 Å². The van der Waals surface area contributed by atoms with Crippen LogP contribution in [0.5, 0.6) is 0 Å². The van der Waals surface area contributed by atoms with Crippen molar-refractivity contribution in [3.05, 3.63) is 35.9 Å². The van der Waals surface area contributed by atoms with Crippen molar-refractivity contribution in [1.29, 1.82) is 0 Å². The Morgan fingerprint density at radius 3 is 2.50 bits per heavy atom. The van der Waals surface area contributed by atoms with Gasteiger partial charge in [-0.15, -0.1) is 0 Å². The van der Waals surface area contributed by atoms with Gasteiger partial charge in [0.05, 0.1) is 0 Å². The first-order valence-electron chi connectivity index (χ1n) is 6.14. The molecule has 1 fully saturated rings. The Balaban J connectivity index is 1.98. The van der Waals surface area contributed by atoms with E-state index >= 15 is 0 Å². The highest BCUT2D eigenvalue weighted by Crippen LogP contribution is 2.34. The van der Waals surface area contributed by atoms with Crippen LogP contribution < -0.4 is 5.32 Å². The molecule has 1 heterocycles. The molecule has 1 aromatic rings. The second-order valence-corrected chi connectivity index (χ2v) is 4.92. The van der Waals surface area contributed by atoms with Crippen molar-refractivity contribution in [1.82, 2.24) is 5.32 Å². The van der Waals surface area contributed by atoms with Gasteiger partial charge in [-0.05, 0) is 43.8 Å². The SMILES string of the molecule is CC(CC1(F)CCNCC1)c1ccccc1. The number of benzene rings is 1. The summed E-state index contributed by atoms with van der Waals surface area (Å²) in [6, 6.07) is 10.2. The van der Waals surface area contributed by atoms with Gasteiger partial charge >= 0.3 is 0 Å². The number of halogens is 1. The Labute approximate surface area is 97.1 Å². The lowest BCUT2D eigenvalue weighted by molar-refractivity contribution is 0.0974. The molecule has 1 unspecified atom stereocenters. The molecule has 1 aromatic carbocycles. The Morgan fingerprint density at radius 1 is 1.25 bits per heavy atom. The third kappa shape index (κ3) is 2.82. The molecule has 0 saturated carbocycles. The van der Waals surface area contributed by atoms with Gasteiger partial charge in [0.2, 0.25) is 0 Å². The minimum atomic E-state index is -0.958. The smallest absolute Gasteiger partial charge is 0.114 e. The normalized spacial score (nSPS) is 21.6. The maximum Gasteiger partial charge on any atom is 0.114 e. The van der Waals surface area contributed by atoms with Gasteiger partial charge in [-0.1, -0.05) is 37.3 Å². The summed E-state index contributed by atoms with van der Waals surface area (Å²) in [4.78, 5) is 0. The molecule has 16 heavy (non-hydrogen) atoms. The third-order valence-electron chi connectivity index (χ3n) is 3.54. The molecule has 1 aliphatic heterocycles.